The number of rotatable bonds is 7. The summed E-state index contributed by atoms with van der Waals surface area (Å²) in [6.07, 6.45) is 0.521. The summed E-state index contributed by atoms with van der Waals surface area (Å²) in [6, 6.07) is 9.47. The smallest absolute Gasteiger partial charge is 0.240 e. The maximum absolute atomic E-state index is 13.3. The van der Waals surface area contributed by atoms with E-state index >= 15 is 0 Å². The van der Waals surface area contributed by atoms with Gasteiger partial charge in [0.05, 0.1) is 4.90 Å². The largest absolute Gasteiger partial charge is 0.329 e. The van der Waals surface area contributed by atoms with Gasteiger partial charge >= 0.3 is 0 Å². The molecule has 144 valence electrons. The third kappa shape index (κ3) is 4.49. The van der Waals surface area contributed by atoms with Crippen LogP contribution >= 0.6 is 0 Å². The molecule has 0 saturated heterocycles. The maximum atomic E-state index is 13.3. The Labute approximate surface area is 155 Å². The Hall–Kier alpha value is -2.36. The molecule has 1 aliphatic rings. The Bertz CT molecular complexity index is 966. The van der Waals surface area contributed by atoms with Crippen molar-refractivity contribution in [3.63, 3.8) is 0 Å². The second-order valence-electron chi connectivity index (χ2n) is 6.33. The molecule has 9 heteroatoms. The molecule has 0 heterocycles. The highest BCUT2D eigenvalue weighted by Crippen LogP contribution is 2.48. The summed E-state index contributed by atoms with van der Waals surface area (Å²) in [7, 11) is -3.71. The second-order valence-corrected chi connectivity index (χ2v) is 8.09. The van der Waals surface area contributed by atoms with Gasteiger partial charge in [0.2, 0.25) is 15.9 Å². The average molecular weight is 395 g/mol. The predicted octanol–water partition coefficient (Wildman–Crippen LogP) is 1.94. The number of hydrogen-bond donors (Lipinski definition) is 3. The van der Waals surface area contributed by atoms with E-state index in [1.54, 1.807) is 6.07 Å². The van der Waals surface area contributed by atoms with E-state index in [2.05, 4.69) is 10.0 Å². The number of halogens is 2. The Kier molecular flexibility index (Phi) is 5.54. The molecule has 2 aromatic carbocycles. The predicted molar refractivity (Wildman–Crippen MR) is 96.5 cm³/mol. The highest BCUT2D eigenvalue weighted by Gasteiger charge is 2.44. The molecule has 27 heavy (non-hydrogen) atoms. The van der Waals surface area contributed by atoms with Gasteiger partial charge in [0.1, 0.15) is 0 Å². The van der Waals surface area contributed by atoms with E-state index in [4.69, 9.17) is 5.73 Å². The van der Waals surface area contributed by atoms with Crippen molar-refractivity contribution >= 4 is 21.6 Å². The first-order valence-corrected chi connectivity index (χ1v) is 9.86. The molecule has 1 fully saturated rings. The number of nitrogens with one attached hydrogen (secondary N) is 2. The Balaban J connectivity index is 1.67. The molecule has 1 aliphatic carbocycles. The molecule has 6 nitrogen and oxygen atoms in total. The fraction of sp³-hybridized carbons (Fsp3) is 0.278. The first-order chi connectivity index (χ1) is 12.8. The van der Waals surface area contributed by atoms with Gasteiger partial charge in [-0.05, 0) is 48.2 Å². The number of hydrogen-bond acceptors (Lipinski definition) is 4. The number of amides is 1. The van der Waals surface area contributed by atoms with Gasteiger partial charge < -0.3 is 11.1 Å². The van der Waals surface area contributed by atoms with Gasteiger partial charge in [-0.2, -0.15) is 0 Å². The lowest BCUT2D eigenvalue weighted by Crippen LogP contribution is -2.29. The first-order valence-electron chi connectivity index (χ1n) is 8.37. The molecule has 1 saturated carbocycles. The van der Waals surface area contributed by atoms with Crippen molar-refractivity contribution in [3.8, 4) is 0 Å². The Morgan fingerprint density at radius 2 is 1.93 bits per heavy atom. The second kappa shape index (κ2) is 7.71. The molecule has 0 aromatic heterocycles. The quantitative estimate of drug-likeness (QED) is 0.667. The van der Waals surface area contributed by atoms with E-state index in [9.17, 15) is 22.0 Å². The molecule has 0 bridgehead atoms. The van der Waals surface area contributed by atoms with Crippen LogP contribution in [0.2, 0.25) is 0 Å². The zero-order chi connectivity index (χ0) is 19.6. The minimum atomic E-state index is -3.71. The number of carbonyl (C=O) groups is 1. The lowest BCUT2D eigenvalue weighted by Gasteiger charge is -2.09. The van der Waals surface area contributed by atoms with Crippen LogP contribution in [0.1, 0.15) is 17.9 Å². The fourth-order valence-corrected chi connectivity index (χ4v) is 3.94. The highest BCUT2D eigenvalue weighted by atomic mass is 32.2. The number of nitrogens with two attached hydrogens (primary N) is 1. The summed E-state index contributed by atoms with van der Waals surface area (Å²) >= 11 is 0. The number of anilines is 1. The molecule has 1 amide bonds. The van der Waals surface area contributed by atoms with Crippen LogP contribution in [0.4, 0.5) is 14.5 Å². The molecule has 3 rings (SSSR count). The maximum Gasteiger partial charge on any atom is 0.240 e. The lowest BCUT2D eigenvalue weighted by atomic mass is 10.1. The molecule has 0 spiro atoms. The number of sulfonamides is 1. The van der Waals surface area contributed by atoms with Crippen molar-refractivity contribution in [3.05, 3.63) is 59.7 Å². The molecular formula is C18H19F2N3O3S. The van der Waals surface area contributed by atoms with Crippen LogP contribution in [0.5, 0.6) is 0 Å². The van der Waals surface area contributed by atoms with E-state index in [1.807, 2.05) is 0 Å². The standard InChI is InChI=1S/C18H19F2N3O3S/c19-16-5-4-11(8-17(16)20)14-10-15(14)18(24)23-12-2-1-3-13(9-12)27(25,26)22-7-6-21/h1-5,8-9,14-15,22H,6-7,10,21H2,(H,23,24). The van der Waals surface area contributed by atoms with Gasteiger partial charge in [0.25, 0.3) is 0 Å². The van der Waals surface area contributed by atoms with Gasteiger partial charge in [-0.3, -0.25) is 4.79 Å². The van der Waals surface area contributed by atoms with E-state index in [0.717, 1.165) is 12.1 Å². The molecule has 2 aromatic rings. The van der Waals surface area contributed by atoms with E-state index < -0.39 is 21.7 Å². The number of benzene rings is 2. The highest BCUT2D eigenvalue weighted by molar-refractivity contribution is 7.89. The molecule has 0 aliphatic heterocycles. The monoisotopic (exact) mass is 395 g/mol. The van der Waals surface area contributed by atoms with Gasteiger partial charge in [-0.15, -0.1) is 0 Å². The van der Waals surface area contributed by atoms with Crippen molar-refractivity contribution < 1.29 is 22.0 Å². The van der Waals surface area contributed by atoms with E-state index in [1.165, 1.54) is 24.3 Å². The summed E-state index contributed by atoms with van der Waals surface area (Å²) in [4.78, 5) is 12.4. The molecule has 2 atom stereocenters. The Morgan fingerprint density at radius 1 is 1.15 bits per heavy atom. The topological polar surface area (TPSA) is 101 Å². The summed E-state index contributed by atoms with van der Waals surface area (Å²) in [5.41, 5.74) is 6.21. The van der Waals surface area contributed by atoms with Crippen molar-refractivity contribution in [2.45, 2.75) is 17.2 Å². The van der Waals surface area contributed by atoms with Crippen LogP contribution < -0.4 is 15.8 Å². The first kappa shape index (κ1) is 19.4. The van der Waals surface area contributed by atoms with Crippen molar-refractivity contribution in [2.24, 2.45) is 11.7 Å². The summed E-state index contributed by atoms with van der Waals surface area (Å²) in [5.74, 6) is -2.72. The zero-order valence-electron chi connectivity index (χ0n) is 14.3. The van der Waals surface area contributed by atoms with Crippen LogP contribution in [0.15, 0.2) is 47.4 Å². The fourth-order valence-electron chi connectivity index (χ4n) is 2.85. The van der Waals surface area contributed by atoms with Gasteiger partial charge in [-0.1, -0.05) is 12.1 Å². The van der Waals surface area contributed by atoms with Crippen molar-refractivity contribution in [1.82, 2.24) is 4.72 Å². The van der Waals surface area contributed by atoms with Crippen LogP contribution in [0.3, 0.4) is 0 Å². The third-order valence-corrected chi connectivity index (χ3v) is 5.81. The third-order valence-electron chi connectivity index (χ3n) is 4.35. The van der Waals surface area contributed by atoms with Crippen LogP contribution in [-0.2, 0) is 14.8 Å². The van der Waals surface area contributed by atoms with Gasteiger partial charge in [0, 0.05) is 24.7 Å². The number of carbonyl (C=O) groups excluding carboxylic acids is 1. The van der Waals surface area contributed by atoms with Gasteiger partial charge in [-0.25, -0.2) is 21.9 Å². The zero-order valence-corrected chi connectivity index (χ0v) is 15.1. The molecule has 0 radical (unpaired) electrons. The molecule has 4 N–H and O–H groups in total. The van der Waals surface area contributed by atoms with E-state index in [0.29, 0.717) is 17.7 Å². The summed E-state index contributed by atoms with van der Waals surface area (Å²) < 4.78 is 53.0. The minimum absolute atomic E-state index is 0.0155. The summed E-state index contributed by atoms with van der Waals surface area (Å²) in [5, 5.41) is 2.67. The van der Waals surface area contributed by atoms with Crippen LogP contribution in [-0.4, -0.2) is 27.4 Å². The summed E-state index contributed by atoms with van der Waals surface area (Å²) in [6.45, 7) is 0.277. The van der Waals surface area contributed by atoms with Crippen LogP contribution in [0, 0.1) is 17.6 Å². The normalized spacial score (nSPS) is 18.9. The minimum Gasteiger partial charge on any atom is -0.329 e. The van der Waals surface area contributed by atoms with Crippen molar-refractivity contribution in [2.75, 3.05) is 18.4 Å². The van der Waals surface area contributed by atoms with Gasteiger partial charge in [0.15, 0.2) is 11.6 Å². The van der Waals surface area contributed by atoms with Crippen LogP contribution in [0.25, 0.3) is 0 Å². The molecular weight excluding hydrogens is 376 g/mol. The van der Waals surface area contributed by atoms with Crippen molar-refractivity contribution in [1.29, 1.82) is 0 Å². The SMILES string of the molecule is NCCNS(=O)(=O)c1cccc(NC(=O)C2CC2c2ccc(F)c(F)c2)c1. The molecule has 2 unspecified atom stereocenters. The lowest BCUT2D eigenvalue weighted by molar-refractivity contribution is -0.117. The Morgan fingerprint density at radius 3 is 2.63 bits per heavy atom. The van der Waals surface area contributed by atoms with E-state index in [-0.39, 0.29) is 35.7 Å². The average Bonchev–Trinajstić information content (AvgIpc) is 3.43.